The van der Waals surface area contributed by atoms with E-state index in [0.29, 0.717) is 5.41 Å². The first-order valence-electron chi connectivity index (χ1n) is 7.10. The largest absolute Gasteiger partial charge is 0.468 e. The first-order chi connectivity index (χ1) is 8.73. The number of hydrogen-bond acceptors (Lipinski definition) is 3. The molecule has 1 fully saturated rings. The third-order valence-electron chi connectivity index (χ3n) is 4.38. The van der Waals surface area contributed by atoms with Crippen LogP contribution in [0, 0.1) is 5.41 Å². The van der Waals surface area contributed by atoms with Crippen molar-refractivity contribution in [3.63, 3.8) is 0 Å². The topological polar surface area (TPSA) is 16.4 Å². The minimum absolute atomic E-state index is 0.359. The van der Waals surface area contributed by atoms with Crippen molar-refractivity contribution in [2.45, 2.75) is 52.1 Å². The average Bonchev–Trinajstić information content (AvgIpc) is 3.13. The van der Waals surface area contributed by atoms with Crippen molar-refractivity contribution in [2.75, 3.05) is 12.3 Å². The lowest BCUT2D eigenvalue weighted by atomic mass is 9.83. The molecular weight excluding hydrogens is 242 g/mol. The molecule has 0 bridgehead atoms. The molecule has 1 heterocycles. The van der Waals surface area contributed by atoms with Crippen molar-refractivity contribution in [1.29, 1.82) is 0 Å². The first-order valence-corrected chi connectivity index (χ1v) is 7.73. The van der Waals surface area contributed by atoms with E-state index in [2.05, 4.69) is 37.4 Å². The average molecular weight is 267 g/mol. The van der Waals surface area contributed by atoms with E-state index in [1.807, 2.05) is 6.07 Å². The molecule has 1 aromatic rings. The molecule has 1 aliphatic rings. The van der Waals surface area contributed by atoms with Crippen LogP contribution in [0.3, 0.4) is 0 Å². The van der Waals surface area contributed by atoms with E-state index >= 15 is 0 Å². The predicted octanol–water partition coefficient (Wildman–Crippen LogP) is 3.98. The fourth-order valence-electron chi connectivity index (χ4n) is 2.53. The Balaban J connectivity index is 2.01. The van der Waals surface area contributed by atoms with Gasteiger partial charge in [0.1, 0.15) is 5.76 Å². The van der Waals surface area contributed by atoms with Gasteiger partial charge >= 0.3 is 0 Å². The summed E-state index contributed by atoms with van der Waals surface area (Å²) in [5.74, 6) is 2.06. The smallest absolute Gasteiger partial charge is 0.117 e. The molecule has 0 unspecified atom stereocenters. The predicted molar refractivity (Wildman–Crippen MR) is 79.0 cm³/mol. The molecule has 1 aromatic heterocycles. The highest BCUT2D eigenvalue weighted by Crippen LogP contribution is 2.35. The Kier molecular flexibility index (Phi) is 4.79. The van der Waals surface area contributed by atoms with Crippen LogP contribution in [0.2, 0.25) is 0 Å². The van der Waals surface area contributed by atoms with E-state index in [-0.39, 0.29) is 0 Å². The van der Waals surface area contributed by atoms with Gasteiger partial charge in [0.25, 0.3) is 0 Å². The van der Waals surface area contributed by atoms with Crippen molar-refractivity contribution in [2.24, 2.45) is 5.41 Å². The summed E-state index contributed by atoms with van der Waals surface area (Å²) in [5.41, 5.74) is 0.359. The van der Waals surface area contributed by atoms with Gasteiger partial charge in [0, 0.05) is 12.6 Å². The zero-order valence-corrected chi connectivity index (χ0v) is 12.5. The van der Waals surface area contributed by atoms with Crippen LogP contribution in [-0.2, 0) is 6.54 Å². The zero-order chi connectivity index (χ0) is 13.0. The second-order valence-electron chi connectivity index (χ2n) is 5.58. The van der Waals surface area contributed by atoms with Crippen LogP contribution < -0.4 is 0 Å². The van der Waals surface area contributed by atoms with Gasteiger partial charge in [-0.2, -0.15) is 12.6 Å². The van der Waals surface area contributed by atoms with Gasteiger partial charge in [0.2, 0.25) is 0 Å². The molecule has 2 nitrogen and oxygen atoms in total. The van der Waals surface area contributed by atoms with Crippen LogP contribution in [0.25, 0.3) is 0 Å². The van der Waals surface area contributed by atoms with Crippen LogP contribution in [0.1, 0.15) is 45.3 Å². The maximum atomic E-state index is 5.50. The van der Waals surface area contributed by atoms with Gasteiger partial charge in [-0.3, -0.25) is 4.90 Å². The Bertz CT molecular complexity index is 333. The summed E-state index contributed by atoms with van der Waals surface area (Å²) in [5, 5.41) is 0. The van der Waals surface area contributed by atoms with Crippen molar-refractivity contribution in [1.82, 2.24) is 4.90 Å². The molecule has 0 aromatic carbocycles. The summed E-state index contributed by atoms with van der Waals surface area (Å²) in [6.45, 7) is 6.68. The Morgan fingerprint density at radius 1 is 1.39 bits per heavy atom. The maximum Gasteiger partial charge on any atom is 0.117 e. The number of furan rings is 1. The summed E-state index contributed by atoms with van der Waals surface area (Å²) in [6, 6.07) is 4.83. The fraction of sp³-hybridized carbons (Fsp3) is 0.733. The second-order valence-corrected chi connectivity index (χ2v) is 5.90. The Morgan fingerprint density at radius 2 is 2.11 bits per heavy atom. The van der Waals surface area contributed by atoms with Gasteiger partial charge in [-0.15, -0.1) is 0 Å². The van der Waals surface area contributed by atoms with Gasteiger partial charge in [-0.25, -0.2) is 0 Å². The highest BCUT2D eigenvalue weighted by atomic mass is 32.1. The molecule has 3 heteroatoms. The third kappa shape index (κ3) is 3.33. The van der Waals surface area contributed by atoms with E-state index in [0.717, 1.165) is 30.6 Å². The van der Waals surface area contributed by atoms with Crippen molar-refractivity contribution in [3.05, 3.63) is 24.2 Å². The molecule has 0 radical (unpaired) electrons. The fourth-order valence-corrected chi connectivity index (χ4v) is 3.08. The minimum Gasteiger partial charge on any atom is -0.468 e. The summed E-state index contributed by atoms with van der Waals surface area (Å²) < 4.78 is 5.50. The summed E-state index contributed by atoms with van der Waals surface area (Å²) >= 11 is 4.59. The molecule has 0 aliphatic heterocycles. The highest BCUT2D eigenvalue weighted by molar-refractivity contribution is 7.80. The molecule has 0 amide bonds. The van der Waals surface area contributed by atoms with E-state index in [1.165, 1.54) is 25.7 Å². The Morgan fingerprint density at radius 3 is 2.56 bits per heavy atom. The molecule has 102 valence electrons. The first kappa shape index (κ1) is 14.0. The zero-order valence-electron chi connectivity index (χ0n) is 11.6. The second kappa shape index (κ2) is 6.16. The molecule has 18 heavy (non-hydrogen) atoms. The summed E-state index contributed by atoms with van der Waals surface area (Å²) in [7, 11) is 0. The minimum atomic E-state index is 0.359. The van der Waals surface area contributed by atoms with Crippen LogP contribution >= 0.6 is 12.6 Å². The monoisotopic (exact) mass is 267 g/mol. The van der Waals surface area contributed by atoms with Gasteiger partial charge in [-0.05, 0) is 49.0 Å². The molecule has 1 aliphatic carbocycles. The van der Waals surface area contributed by atoms with E-state index in [1.54, 1.807) is 6.26 Å². The molecular formula is C15H25NOS. The quantitative estimate of drug-likeness (QED) is 0.717. The number of thiol groups is 1. The van der Waals surface area contributed by atoms with E-state index in [4.69, 9.17) is 4.42 Å². The number of nitrogens with zero attached hydrogens (tertiary/aromatic N) is 1. The van der Waals surface area contributed by atoms with Crippen LogP contribution in [-0.4, -0.2) is 23.2 Å². The Hall–Kier alpha value is -0.410. The lowest BCUT2D eigenvalue weighted by molar-refractivity contribution is 0.136. The van der Waals surface area contributed by atoms with E-state index in [9.17, 15) is 0 Å². The molecule has 1 saturated carbocycles. The van der Waals surface area contributed by atoms with Crippen molar-refractivity contribution >= 4 is 12.6 Å². The third-order valence-corrected chi connectivity index (χ3v) is 5.05. The lowest BCUT2D eigenvalue weighted by Gasteiger charge is -2.36. The van der Waals surface area contributed by atoms with Crippen molar-refractivity contribution < 1.29 is 4.42 Å². The molecule has 0 saturated heterocycles. The van der Waals surface area contributed by atoms with Crippen LogP contribution in [0.15, 0.2) is 22.8 Å². The van der Waals surface area contributed by atoms with Gasteiger partial charge < -0.3 is 4.42 Å². The molecule has 0 spiro atoms. The molecule has 0 atom stereocenters. The lowest BCUT2D eigenvalue weighted by Crippen LogP contribution is -2.39. The van der Waals surface area contributed by atoms with E-state index < -0.39 is 0 Å². The highest BCUT2D eigenvalue weighted by Gasteiger charge is 2.35. The maximum absolute atomic E-state index is 5.50. The van der Waals surface area contributed by atoms with Gasteiger partial charge in [0.05, 0.1) is 12.8 Å². The SMILES string of the molecule is CCC(CC)(CS)CN(Cc1ccco1)C1CC1. The van der Waals surface area contributed by atoms with Gasteiger partial charge in [-0.1, -0.05) is 13.8 Å². The Labute approximate surface area is 116 Å². The van der Waals surface area contributed by atoms with Crippen LogP contribution in [0.5, 0.6) is 0 Å². The van der Waals surface area contributed by atoms with Crippen LogP contribution in [0.4, 0.5) is 0 Å². The van der Waals surface area contributed by atoms with Gasteiger partial charge in [0.15, 0.2) is 0 Å². The standard InChI is InChI=1S/C15H25NOS/c1-3-15(4-2,12-18)11-16(13-7-8-13)10-14-6-5-9-17-14/h5-6,9,13,18H,3-4,7-8,10-12H2,1-2H3. The number of hydrogen-bond donors (Lipinski definition) is 1. The summed E-state index contributed by atoms with van der Waals surface area (Å²) in [6.07, 6.45) is 6.86. The normalized spacial score (nSPS) is 16.4. The molecule has 0 N–H and O–H groups in total. The summed E-state index contributed by atoms with van der Waals surface area (Å²) in [4.78, 5) is 2.60. The number of rotatable bonds is 8. The molecule has 2 rings (SSSR count). The van der Waals surface area contributed by atoms with Crippen molar-refractivity contribution in [3.8, 4) is 0 Å².